The second kappa shape index (κ2) is 10.6. The minimum Gasteiger partial charge on any atom is -0.491 e. The molecule has 6 nitrogen and oxygen atoms in total. The highest BCUT2D eigenvalue weighted by atomic mass is 35.5. The van der Waals surface area contributed by atoms with Crippen LogP contribution in [0.25, 0.3) is 10.9 Å². The quantitative estimate of drug-likeness (QED) is 0.285. The molecular weight excluding hydrogens is 505 g/mol. The van der Waals surface area contributed by atoms with E-state index in [1.54, 1.807) is 23.5 Å². The summed E-state index contributed by atoms with van der Waals surface area (Å²) in [5, 5.41) is 11.1. The molecule has 0 bridgehead atoms. The first kappa shape index (κ1) is 24.1. The first-order valence-corrected chi connectivity index (χ1v) is 13.1. The number of carboxylic acids is 1. The smallest absolute Gasteiger partial charge is 0.339 e. The Morgan fingerprint density at radius 3 is 2.74 bits per heavy atom. The molecule has 4 heterocycles. The Morgan fingerprint density at radius 2 is 2.00 bits per heavy atom. The van der Waals surface area contributed by atoms with E-state index in [9.17, 15) is 9.90 Å². The molecule has 0 aliphatic carbocycles. The lowest BCUT2D eigenvalue weighted by molar-refractivity contribution is 0.0691. The molecule has 35 heavy (non-hydrogen) atoms. The summed E-state index contributed by atoms with van der Waals surface area (Å²) in [6.07, 6.45) is 8.22. The van der Waals surface area contributed by atoms with Crippen LogP contribution in [0, 0.1) is 0 Å². The van der Waals surface area contributed by atoms with Crippen LogP contribution in [0.1, 0.15) is 39.6 Å². The Bertz CT molecular complexity index is 1340. The number of ether oxygens (including phenoxy) is 1. The van der Waals surface area contributed by atoms with Crippen molar-refractivity contribution in [2.24, 2.45) is 0 Å². The van der Waals surface area contributed by atoms with Gasteiger partial charge in [-0.3, -0.25) is 9.88 Å². The summed E-state index contributed by atoms with van der Waals surface area (Å²) < 4.78 is 8.88. The average molecular weight is 530 g/mol. The molecule has 0 radical (unpaired) electrons. The van der Waals surface area contributed by atoms with Gasteiger partial charge in [0.15, 0.2) is 0 Å². The van der Waals surface area contributed by atoms with Crippen LogP contribution >= 0.6 is 34.5 Å². The maximum Gasteiger partial charge on any atom is 0.339 e. The molecule has 4 aromatic rings. The first-order valence-electron chi connectivity index (χ1n) is 11.5. The number of fused-ring (bicyclic) bond motifs is 1. The van der Waals surface area contributed by atoms with Gasteiger partial charge in [-0.25, -0.2) is 4.79 Å². The summed E-state index contributed by atoms with van der Waals surface area (Å²) in [5.41, 5.74) is 2.66. The van der Waals surface area contributed by atoms with Crippen LogP contribution < -0.4 is 4.74 Å². The molecule has 1 fully saturated rings. The van der Waals surface area contributed by atoms with Gasteiger partial charge in [-0.1, -0.05) is 23.2 Å². The number of carboxylic acid groups (broad SMARTS) is 1. The molecule has 1 N–H and O–H groups in total. The van der Waals surface area contributed by atoms with E-state index in [0.717, 1.165) is 48.9 Å². The summed E-state index contributed by atoms with van der Waals surface area (Å²) in [7, 11) is 0. The lowest BCUT2D eigenvalue weighted by Crippen LogP contribution is -2.35. The van der Waals surface area contributed by atoms with Crippen LogP contribution in [0.2, 0.25) is 9.36 Å². The van der Waals surface area contributed by atoms with Crippen LogP contribution in [0.15, 0.2) is 55.0 Å². The maximum absolute atomic E-state index is 11.4. The minimum atomic E-state index is -1.02. The van der Waals surface area contributed by atoms with Crippen LogP contribution in [-0.4, -0.2) is 51.8 Å². The SMILES string of the molecule is O=C(O)c1ccc(Cl)cc1OCCN1CCC(c2cn(Cc3ccc(Cl)s3)c3cnccc23)CC1. The largest absolute Gasteiger partial charge is 0.491 e. The van der Waals surface area contributed by atoms with Gasteiger partial charge in [0.2, 0.25) is 0 Å². The Kier molecular flexibility index (Phi) is 7.29. The molecular formula is C26H25Cl2N3O3S. The monoisotopic (exact) mass is 529 g/mol. The lowest BCUT2D eigenvalue weighted by Gasteiger charge is -2.31. The Morgan fingerprint density at radius 1 is 1.17 bits per heavy atom. The zero-order valence-corrected chi connectivity index (χ0v) is 21.3. The molecule has 0 atom stereocenters. The fraction of sp³-hybridized carbons (Fsp3) is 0.308. The number of piperidine rings is 1. The summed E-state index contributed by atoms with van der Waals surface area (Å²) in [6.45, 7) is 3.88. The van der Waals surface area contributed by atoms with E-state index in [2.05, 4.69) is 32.8 Å². The molecule has 5 rings (SSSR count). The van der Waals surface area contributed by atoms with Gasteiger partial charge in [-0.2, -0.15) is 0 Å². The summed E-state index contributed by atoms with van der Waals surface area (Å²) in [4.78, 5) is 19.4. The summed E-state index contributed by atoms with van der Waals surface area (Å²) >= 11 is 13.8. The average Bonchev–Trinajstić information content (AvgIpc) is 3.43. The number of hydrogen-bond acceptors (Lipinski definition) is 5. The number of halogens is 2. The predicted octanol–water partition coefficient (Wildman–Crippen LogP) is 6.41. The van der Waals surface area contributed by atoms with Crippen LogP contribution in [0.4, 0.5) is 0 Å². The van der Waals surface area contributed by atoms with Gasteiger partial charge in [0.1, 0.15) is 17.9 Å². The molecule has 1 aromatic carbocycles. The molecule has 1 aliphatic rings. The maximum atomic E-state index is 11.4. The van der Waals surface area contributed by atoms with Crippen molar-refractivity contribution in [2.75, 3.05) is 26.2 Å². The molecule has 1 aliphatic heterocycles. The highest BCUT2D eigenvalue weighted by molar-refractivity contribution is 7.16. The van der Waals surface area contributed by atoms with Crippen molar-refractivity contribution in [1.82, 2.24) is 14.5 Å². The van der Waals surface area contributed by atoms with Gasteiger partial charge in [0, 0.05) is 34.2 Å². The molecule has 0 spiro atoms. The third-order valence-electron chi connectivity index (χ3n) is 6.54. The number of pyridine rings is 1. The number of hydrogen-bond donors (Lipinski definition) is 1. The third kappa shape index (κ3) is 5.48. The molecule has 0 amide bonds. The minimum absolute atomic E-state index is 0.129. The highest BCUT2D eigenvalue weighted by Crippen LogP contribution is 2.35. The second-order valence-electron chi connectivity index (χ2n) is 8.72. The zero-order valence-electron chi connectivity index (χ0n) is 19.0. The van der Waals surface area contributed by atoms with Gasteiger partial charge in [-0.05, 0) is 73.8 Å². The number of nitrogens with zero attached hydrogens (tertiary/aromatic N) is 3. The van der Waals surface area contributed by atoms with E-state index in [0.29, 0.717) is 23.3 Å². The van der Waals surface area contributed by atoms with Crippen molar-refractivity contribution >= 4 is 51.4 Å². The Labute approximate surface area is 217 Å². The van der Waals surface area contributed by atoms with Crippen molar-refractivity contribution in [3.8, 4) is 5.75 Å². The van der Waals surface area contributed by atoms with E-state index >= 15 is 0 Å². The molecule has 0 saturated carbocycles. The first-order chi connectivity index (χ1) is 17.0. The fourth-order valence-electron chi connectivity index (χ4n) is 4.77. The molecule has 9 heteroatoms. The third-order valence-corrected chi connectivity index (χ3v) is 7.99. The number of thiophene rings is 1. The van der Waals surface area contributed by atoms with Crippen molar-refractivity contribution in [1.29, 1.82) is 0 Å². The van der Waals surface area contributed by atoms with Crippen LogP contribution in [-0.2, 0) is 6.54 Å². The predicted molar refractivity (Wildman–Crippen MR) is 140 cm³/mol. The topological polar surface area (TPSA) is 67.6 Å². The number of aromatic carboxylic acids is 1. The van der Waals surface area contributed by atoms with Crippen molar-refractivity contribution in [3.05, 3.63) is 80.4 Å². The van der Waals surface area contributed by atoms with Crippen molar-refractivity contribution < 1.29 is 14.6 Å². The number of rotatable bonds is 8. The van der Waals surface area contributed by atoms with E-state index in [4.69, 9.17) is 27.9 Å². The normalized spacial score (nSPS) is 15.0. The summed E-state index contributed by atoms with van der Waals surface area (Å²) in [5.74, 6) is -0.223. The van der Waals surface area contributed by atoms with E-state index in [1.807, 2.05) is 18.5 Å². The fourth-order valence-corrected chi connectivity index (χ4v) is 6.02. The zero-order chi connectivity index (χ0) is 24.4. The molecule has 3 aromatic heterocycles. The van der Waals surface area contributed by atoms with Crippen LogP contribution in [0.5, 0.6) is 5.75 Å². The highest BCUT2D eigenvalue weighted by Gasteiger charge is 2.24. The van der Waals surface area contributed by atoms with Gasteiger partial charge < -0.3 is 14.4 Å². The second-order valence-corrected chi connectivity index (χ2v) is 11.0. The molecule has 1 saturated heterocycles. The number of benzene rings is 1. The van der Waals surface area contributed by atoms with Crippen molar-refractivity contribution in [2.45, 2.75) is 25.3 Å². The van der Waals surface area contributed by atoms with Crippen LogP contribution in [0.3, 0.4) is 0 Å². The Balaban J connectivity index is 1.21. The lowest BCUT2D eigenvalue weighted by atomic mass is 9.89. The number of aromatic nitrogens is 2. The van der Waals surface area contributed by atoms with Gasteiger partial charge in [0.05, 0.1) is 22.6 Å². The molecule has 0 unspecified atom stereocenters. The van der Waals surface area contributed by atoms with E-state index < -0.39 is 5.97 Å². The van der Waals surface area contributed by atoms with Gasteiger partial charge >= 0.3 is 5.97 Å². The number of likely N-dealkylation sites (tertiary alicyclic amines) is 1. The summed E-state index contributed by atoms with van der Waals surface area (Å²) in [6, 6.07) is 10.7. The molecule has 182 valence electrons. The van der Waals surface area contributed by atoms with E-state index in [-0.39, 0.29) is 5.56 Å². The standard InChI is InChI=1S/C26H25Cl2N3O3S/c27-18-1-3-21(26(32)33)24(13-18)34-12-11-30-9-6-17(7-10-30)22-16-31(15-19-2-4-25(28)35-19)23-14-29-8-5-20(22)23/h1-5,8,13-14,16-17H,6-7,9-12,15H2,(H,32,33). The van der Waals surface area contributed by atoms with Crippen molar-refractivity contribution in [3.63, 3.8) is 0 Å². The van der Waals surface area contributed by atoms with Gasteiger partial charge in [-0.15, -0.1) is 11.3 Å². The van der Waals surface area contributed by atoms with E-state index in [1.165, 1.54) is 21.9 Å². The van der Waals surface area contributed by atoms with Gasteiger partial charge in [0.25, 0.3) is 0 Å². The number of carbonyl (C=O) groups is 1. The Hall–Kier alpha value is -2.58.